The zero-order chi connectivity index (χ0) is 9.42. The van der Waals surface area contributed by atoms with E-state index < -0.39 is 0 Å². The summed E-state index contributed by atoms with van der Waals surface area (Å²) in [5.74, 6) is 0.431. The molecule has 1 aromatic heterocycles. The van der Waals surface area contributed by atoms with Crippen LogP contribution in [0, 0.1) is 0 Å². The number of aromatic nitrogens is 1. The van der Waals surface area contributed by atoms with Crippen LogP contribution in [-0.4, -0.2) is 4.98 Å². The first-order valence-corrected chi connectivity index (χ1v) is 4.74. The van der Waals surface area contributed by atoms with Crippen molar-refractivity contribution in [1.82, 2.24) is 4.98 Å². The van der Waals surface area contributed by atoms with Crippen molar-refractivity contribution in [2.75, 3.05) is 5.73 Å². The average molecular weight is 199 g/mol. The van der Waals surface area contributed by atoms with E-state index in [-0.39, 0.29) is 11.2 Å². The Morgan fingerprint density at radius 2 is 2.23 bits per heavy atom. The van der Waals surface area contributed by atoms with E-state index in [1.54, 1.807) is 0 Å². The van der Waals surface area contributed by atoms with E-state index >= 15 is 0 Å². The molecule has 1 fully saturated rings. The highest BCUT2D eigenvalue weighted by Crippen LogP contribution is 2.38. The number of H-pyrrole nitrogens is 1. The smallest absolute Gasteiger partial charge is 0.271 e. The van der Waals surface area contributed by atoms with Gasteiger partial charge in [0, 0.05) is 11.6 Å². The average Bonchev–Trinajstić information content (AvgIpc) is 1.96. The maximum Gasteiger partial charge on any atom is 0.271 e. The SMILES string of the molecule is Nc1cc(Cl)c(C2CCC2)[nH]c1=O. The molecule has 0 amide bonds. The van der Waals surface area contributed by atoms with Gasteiger partial charge in [-0.05, 0) is 18.9 Å². The second-order valence-corrected chi connectivity index (χ2v) is 3.85. The van der Waals surface area contributed by atoms with Crippen molar-refractivity contribution in [2.45, 2.75) is 25.2 Å². The summed E-state index contributed by atoms with van der Waals surface area (Å²) < 4.78 is 0. The third-order valence-corrected chi connectivity index (χ3v) is 2.88. The molecule has 13 heavy (non-hydrogen) atoms. The molecule has 2 rings (SSSR count). The van der Waals surface area contributed by atoms with Gasteiger partial charge in [0.05, 0.1) is 10.7 Å². The minimum atomic E-state index is -0.230. The second-order valence-electron chi connectivity index (χ2n) is 3.44. The minimum Gasteiger partial charge on any atom is -0.394 e. The number of nitrogens with one attached hydrogen (secondary N) is 1. The molecule has 0 unspecified atom stereocenters. The zero-order valence-electron chi connectivity index (χ0n) is 7.14. The summed E-state index contributed by atoms with van der Waals surface area (Å²) in [5.41, 5.74) is 6.23. The Labute approximate surface area is 80.9 Å². The summed E-state index contributed by atoms with van der Waals surface area (Å²) in [7, 11) is 0. The molecule has 0 radical (unpaired) electrons. The van der Waals surface area contributed by atoms with Crippen molar-refractivity contribution < 1.29 is 0 Å². The summed E-state index contributed by atoms with van der Waals surface area (Å²) >= 11 is 5.96. The second kappa shape index (κ2) is 3.07. The standard InChI is InChI=1S/C9H11ClN2O/c10-6-4-7(11)9(13)12-8(6)5-2-1-3-5/h4-5H,1-3,11H2,(H,12,13). The lowest BCUT2D eigenvalue weighted by atomic mass is 9.82. The van der Waals surface area contributed by atoms with Gasteiger partial charge in [0.15, 0.2) is 0 Å². The summed E-state index contributed by atoms with van der Waals surface area (Å²) in [6.07, 6.45) is 3.44. The van der Waals surface area contributed by atoms with Crippen LogP contribution in [0.25, 0.3) is 0 Å². The maximum absolute atomic E-state index is 11.2. The van der Waals surface area contributed by atoms with Gasteiger partial charge in [-0.2, -0.15) is 0 Å². The topological polar surface area (TPSA) is 58.9 Å². The largest absolute Gasteiger partial charge is 0.394 e. The van der Waals surface area contributed by atoms with Crippen LogP contribution in [-0.2, 0) is 0 Å². The van der Waals surface area contributed by atoms with E-state index in [0.717, 1.165) is 18.5 Å². The molecule has 0 atom stereocenters. The molecule has 1 aliphatic carbocycles. The van der Waals surface area contributed by atoms with Gasteiger partial charge in [0.1, 0.15) is 0 Å². The van der Waals surface area contributed by atoms with E-state index in [9.17, 15) is 4.79 Å². The predicted molar refractivity (Wildman–Crippen MR) is 53.1 cm³/mol. The first-order valence-electron chi connectivity index (χ1n) is 4.36. The summed E-state index contributed by atoms with van der Waals surface area (Å²) in [6.45, 7) is 0. The number of nitrogens with two attached hydrogens (primary N) is 1. The van der Waals surface area contributed by atoms with Crippen LogP contribution >= 0.6 is 11.6 Å². The molecule has 70 valence electrons. The van der Waals surface area contributed by atoms with Gasteiger partial charge in [-0.1, -0.05) is 18.0 Å². The Morgan fingerprint density at radius 1 is 1.54 bits per heavy atom. The number of anilines is 1. The number of nitrogen functional groups attached to an aromatic ring is 1. The third-order valence-electron chi connectivity index (χ3n) is 2.56. The molecule has 0 bridgehead atoms. The Bertz CT molecular complexity index is 382. The van der Waals surface area contributed by atoms with E-state index in [4.69, 9.17) is 17.3 Å². The summed E-state index contributed by atoms with van der Waals surface area (Å²) in [4.78, 5) is 13.9. The molecule has 1 aliphatic rings. The molecule has 3 nitrogen and oxygen atoms in total. The lowest BCUT2D eigenvalue weighted by molar-refractivity contribution is 0.411. The first kappa shape index (κ1) is 8.63. The predicted octanol–water partition coefficient (Wildman–Crippen LogP) is 1.88. The molecule has 1 saturated carbocycles. The summed E-state index contributed by atoms with van der Waals surface area (Å²) in [6, 6.07) is 1.54. The molecule has 1 heterocycles. The number of halogens is 1. The maximum atomic E-state index is 11.2. The van der Waals surface area contributed by atoms with Gasteiger partial charge in [0.25, 0.3) is 5.56 Å². The molecule has 0 saturated heterocycles. The van der Waals surface area contributed by atoms with Gasteiger partial charge >= 0.3 is 0 Å². The van der Waals surface area contributed by atoms with Crippen LogP contribution in [0.2, 0.25) is 5.02 Å². The van der Waals surface area contributed by atoms with Crippen LogP contribution in [0.5, 0.6) is 0 Å². The number of aromatic amines is 1. The molecule has 4 heteroatoms. The van der Waals surface area contributed by atoms with Gasteiger partial charge in [-0.3, -0.25) is 4.79 Å². The number of rotatable bonds is 1. The van der Waals surface area contributed by atoms with Crippen LogP contribution in [0.4, 0.5) is 5.69 Å². The molecule has 3 N–H and O–H groups in total. The van der Waals surface area contributed by atoms with E-state index in [2.05, 4.69) is 4.98 Å². The molecule has 0 aliphatic heterocycles. The molecule has 0 aromatic carbocycles. The highest BCUT2D eigenvalue weighted by atomic mass is 35.5. The third kappa shape index (κ3) is 1.44. The Balaban J connectivity index is 2.45. The van der Waals surface area contributed by atoms with Crippen molar-refractivity contribution in [3.63, 3.8) is 0 Å². The van der Waals surface area contributed by atoms with Gasteiger partial charge in [-0.25, -0.2) is 0 Å². The molecule has 1 aromatic rings. The molecular formula is C9H11ClN2O. The molecular weight excluding hydrogens is 188 g/mol. The van der Waals surface area contributed by atoms with E-state index in [1.807, 2.05) is 0 Å². The Morgan fingerprint density at radius 3 is 2.77 bits per heavy atom. The lowest BCUT2D eigenvalue weighted by Gasteiger charge is -2.26. The summed E-state index contributed by atoms with van der Waals surface area (Å²) in [5, 5.41) is 0.585. The fourth-order valence-corrected chi connectivity index (χ4v) is 1.85. The van der Waals surface area contributed by atoms with Crippen molar-refractivity contribution >= 4 is 17.3 Å². The minimum absolute atomic E-state index is 0.188. The lowest BCUT2D eigenvalue weighted by Crippen LogP contribution is -2.19. The normalized spacial score (nSPS) is 17.0. The Hall–Kier alpha value is -0.960. The van der Waals surface area contributed by atoms with Gasteiger partial charge in [-0.15, -0.1) is 0 Å². The van der Waals surface area contributed by atoms with Crippen molar-refractivity contribution in [3.05, 3.63) is 27.1 Å². The highest BCUT2D eigenvalue weighted by Gasteiger charge is 2.23. The van der Waals surface area contributed by atoms with E-state index in [1.165, 1.54) is 12.5 Å². The number of pyridine rings is 1. The quantitative estimate of drug-likeness (QED) is 0.724. The Kier molecular flexibility index (Phi) is 2.04. The van der Waals surface area contributed by atoms with E-state index in [0.29, 0.717) is 10.9 Å². The van der Waals surface area contributed by atoms with Crippen LogP contribution in [0.15, 0.2) is 10.9 Å². The van der Waals surface area contributed by atoms with Crippen molar-refractivity contribution in [3.8, 4) is 0 Å². The number of hydrogen-bond donors (Lipinski definition) is 2. The zero-order valence-corrected chi connectivity index (χ0v) is 7.90. The van der Waals surface area contributed by atoms with Crippen LogP contribution in [0.3, 0.4) is 0 Å². The number of hydrogen-bond acceptors (Lipinski definition) is 2. The van der Waals surface area contributed by atoms with Crippen LogP contribution in [0.1, 0.15) is 30.9 Å². The van der Waals surface area contributed by atoms with Gasteiger partial charge < -0.3 is 10.7 Å². The highest BCUT2D eigenvalue weighted by molar-refractivity contribution is 6.31. The fourth-order valence-electron chi connectivity index (χ4n) is 1.53. The van der Waals surface area contributed by atoms with Gasteiger partial charge in [0.2, 0.25) is 0 Å². The van der Waals surface area contributed by atoms with Crippen molar-refractivity contribution in [2.24, 2.45) is 0 Å². The van der Waals surface area contributed by atoms with Crippen molar-refractivity contribution in [1.29, 1.82) is 0 Å². The van der Waals surface area contributed by atoms with Crippen LogP contribution < -0.4 is 11.3 Å². The molecule has 0 spiro atoms. The monoisotopic (exact) mass is 198 g/mol. The first-order chi connectivity index (χ1) is 6.18. The fraction of sp³-hybridized carbons (Fsp3) is 0.444.